The lowest BCUT2D eigenvalue weighted by atomic mass is 10.2. The zero-order valence-corrected chi connectivity index (χ0v) is 13.4. The third kappa shape index (κ3) is 3.41. The van der Waals surface area contributed by atoms with Crippen LogP contribution >= 0.6 is 0 Å². The Labute approximate surface area is 137 Å². The summed E-state index contributed by atoms with van der Waals surface area (Å²) in [4.78, 5) is 6.06. The van der Waals surface area contributed by atoms with Gasteiger partial charge in [0.25, 0.3) is 0 Å². The van der Waals surface area contributed by atoms with Gasteiger partial charge in [0.1, 0.15) is 12.2 Å². The molecule has 0 bridgehead atoms. The van der Waals surface area contributed by atoms with Crippen molar-refractivity contribution in [3.8, 4) is 0 Å². The third-order valence-electron chi connectivity index (χ3n) is 4.26. The molecule has 1 fully saturated rings. The average molecular weight is 341 g/mol. The van der Waals surface area contributed by atoms with E-state index in [0.717, 1.165) is 24.5 Å². The van der Waals surface area contributed by atoms with Gasteiger partial charge >= 0.3 is 6.18 Å². The van der Waals surface area contributed by atoms with Gasteiger partial charge < -0.3 is 9.30 Å². The fourth-order valence-corrected chi connectivity index (χ4v) is 2.96. The number of aryl methyl sites for hydroxylation is 1. The molecular formula is C15H18F3N5O. The summed E-state index contributed by atoms with van der Waals surface area (Å²) >= 11 is 0. The molecular weight excluding hydrogens is 323 g/mol. The number of methoxy groups -OCH3 is 1. The Balaban J connectivity index is 1.78. The number of halogens is 3. The molecule has 0 spiro atoms. The Hall–Kier alpha value is -2.00. The Morgan fingerprint density at radius 1 is 1.33 bits per heavy atom. The quantitative estimate of drug-likeness (QED) is 0.853. The Morgan fingerprint density at radius 3 is 2.67 bits per heavy atom. The summed E-state index contributed by atoms with van der Waals surface area (Å²) in [6.07, 6.45) is -1.08. The fourth-order valence-electron chi connectivity index (χ4n) is 2.96. The molecule has 9 heteroatoms. The predicted octanol–water partition coefficient (Wildman–Crippen LogP) is 2.19. The first-order valence-electron chi connectivity index (χ1n) is 7.51. The standard InChI is InChI=1S/C15H18F3N5O/c1-22-9-20-21-14(22)13-5-12(24-2)8-23(13)7-11-4-3-10(6-19-11)15(16,17)18/h3-4,6,9,12-13H,5,7-8H2,1-2H3/t12-,13+/m1/s1. The van der Waals surface area contributed by atoms with Crippen molar-refractivity contribution in [1.82, 2.24) is 24.6 Å². The summed E-state index contributed by atoms with van der Waals surface area (Å²) in [5.74, 6) is 0.807. The number of ether oxygens (including phenoxy) is 1. The van der Waals surface area contributed by atoms with Crippen LogP contribution in [-0.2, 0) is 24.5 Å². The van der Waals surface area contributed by atoms with Crippen LogP contribution < -0.4 is 0 Å². The van der Waals surface area contributed by atoms with Crippen LogP contribution in [-0.4, -0.2) is 44.4 Å². The van der Waals surface area contributed by atoms with Gasteiger partial charge in [0.15, 0.2) is 0 Å². The van der Waals surface area contributed by atoms with Gasteiger partial charge in [-0.25, -0.2) is 0 Å². The Morgan fingerprint density at radius 2 is 2.12 bits per heavy atom. The van der Waals surface area contributed by atoms with E-state index in [1.165, 1.54) is 6.07 Å². The maximum Gasteiger partial charge on any atom is 0.417 e. The number of rotatable bonds is 4. The Bertz CT molecular complexity index is 685. The zero-order valence-electron chi connectivity index (χ0n) is 13.4. The van der Waals surface area contributed by atoms with E-state index in [9.17, 15) is 13.2 Å². The lowest BCUT2D eigenvalue weighted by Gasteiger charge is -2.22. The molecule has 2 aromatic heterocycles. The van der Waals surface area contributed by atoms with Crippen molar-refractivity contribution in [3.05, 3.63) is 41.7 Å². The van der Waals surface area contributed by atoms with Gasteiger partial charge in [-0.05, 0) is 18.6 Å². The lowest BCUT2D eigenvalue weighted by Crippen LogP contribution is -2.26. The van der Waals surface area contributed by atoms with Gasteiger partial charge in [-0.15, -0.1) is 10.2 Å². The molecule has 24 heavy (non-hydrogen) atoms. The van der Waals surface area contributed by atoms with Gasteiger partial charge in [-0.2, -0.15) is 13.2 Å². The molecule has 6 nitrogen and oxygen atoms in total. The number of hydrogen-bond acceptors (Lipinski definition) is 5. The van der Waals surface area contributed by atoms with Crippen LogP contribution in [0, 0.1) is 0 Å². The second-order valence-electron chi connectivity index (χ2n) is 5.87. The number of nitrogens with zero attached hydrogens (tertiary/aromatic N) is 5. The summed E-state index contributed by atoms with van der Waals surface area (Å²) in [7, 11) is 3.52. The minimum Gasteiger partial charge on any atom is -0.380 e. The number of pyridine rings is 1. The van der Waals surface area contributed by atoms with Crippen LogP contribution in [0.4, 0.5) is 13.2 Å². The highest BCUT2D eigenvalue weighted by Gasteiger charge is 2.36. The second-order valence-corrected chi connectivity index (χ2v) is 5.87. The summed E-state index contributed by atoms with van der Waals surface area (Å²) in [6.45, 7) is 1.09. The molecule has 130 valence electrons. The predicted molar refractivity (Wildman–Crippen MR) is 78.8 cm³/mol. The molecule has 2 atom stereocenters. The molecule has 1 aliphatic heterocycles. The molecule has 1 aliphatic rings. The number of alkyl halides is 3. The highest BCUT2D eigenvalue weighted by atomic mass is 19.4. The van der Waals surface area contributed by atoms with E-state index < -0.39 is 11.7 Å². The molecule has 0 saturated carbocycles. The van der Waals surface area contributed by atoms with E-state index in [2.05, 4.69) is 20.1 Å². The molecule has 0 aromatic carbocycles. The zero-order chi connectivity index (χ0) is 17.3. The SMILES string of the molecule is CO[C@@H]1C[C@@H](c2nncn2C)N(Cc2ccc(C(F)(F)F)cn2)C1. The highest BCUT2D eigenvalue weighted by molar-refractivity contribution is 5.17. The first-order chi connectivity index (χ1) is 11.4. The molecule has 1 saturated heterocycles. The largest absolute Gasteiger partial charge is 0.417 e. The highest BCUT2D eigenvalue weighted by Crippen LogP contribution is 2.33. The lowest BCUT2D eigenvalue weighted by molar-refractivity contribution is -0.137. The maximum absolute atomic E-state index is 12.6. The number of aromatic nitrogens is 4. The number of hydrogen-bond donors (Lipinski definition) is 0. The fraction of sp³-hybridized carbons (Fsp3) is 0.533. The summed E-state index contributed by atoms with van der Waals surface area (Å²) in [6, 6.07) is 2.46. The van der Waals surface area contributed by atoms with E-state index >= 15 is 0 Å². The van der Waals surface area contributed by atoms with Gasteiger partial charge in [0, 0.05) is 33.4 Å². The van der Waals surface area contributed by atoms with Gasteiger partial charge in [-0.1, -0.05) is 0 Å². The van der Waals surface area contributed by atoms with Crippen molar-refractivity contribution in [1.29, 1.82) is 0 Å². The molecule has 0 radical (unpaired) electrons. The van der Waals surface area contributed by atoms with Gasteiger partial charge in [0.2, 0.25) is 0 Å². The molecule has 0 amide bonds. The average Bonchev–Trinajstić information content (AvgIpc) is 3.12. The maximum atomic E-state index is 12.6. The van der Waals surface area contributed by atoms with Gasteiger partial charge in [-0.3, -0.25) is 9.88 Å². The molecule has 2 aromatic rings. The van der Waals surface area contributed by atoms with Gasteiger partial charge in [0.05, 0.1) is 23.4 Å². The number of likely N-dealkylation sites (tertiary alicyclic amines) is 1. The van der Waals surface area contributed by atoms with Crippen LogP contribution in [0.1, 0.15) is 29.5 Å². The monoisotopic (exact) mass is 341 g/mol. The molecule has 0 aliphatic carbocycles. The molecule has 0 unspecified atom stereocenters. The van der Waals surface area contributed by atoms with Crippen molar-refractivity contribution < 1.29 is 17.9 Å². The third-order valence-corrected chi connectivity index (χ3v) is 4.26. The first kappa shape index (κ1) is 16.8. The minimum atomic E-state index is -4.37. The van der Waals surface area contributed by atoms with E-state index in [0.29, 0.717) is 18.8 Å². The van der Waals surface area contributed by atoms with Crippen molar-refractivity contribution in [2.24, 2.45) is 7.05 Å². The second kappa shape index (κ2) is 6.48. The minimum absolute atomic E-state index is 0.00783. The summed E-state index contributed by atoms with van der Waals surface area (Å²) in [5, 5.41) is 8.05. The van der Waals surface area contributed by atoms with E-state index in [4.69, 9.17) is 4.74 Å². The van der Waals surface area contributed by atoms with Crippen LogP contribution in [0.3, 0.4) is 0 Å². The molecule has 3 heterocycles. The topological polar surface area (TPSA) is 56.1 Å². The smallest absolute Gasteiger partial charge is 0.380 e. The van der Waals surface area contributed by atoms with Crippen LogP contribution in [0.5, 0.6) is 0 Å². The molecule has 0 N–H and O–H groups in total. The molecule has 3 rings (SSSR count). The van der Waals surface area contributed by atoms with Crippen molar-refractivity contribution in [3.63, 3.8) is 0 Å². The summed E-state index contributed by atoms with van der Waals surface area (Å²) < 4.78 is 45.2. The van der Waals surface area contributed by atoms with Crippen LogP contribution in [0.15, 0.2) is 24.7 Å². The van der Waals surface area contributed by atoms with Crippen molar-refractivity contribution in [2.45, 2.75) is 31.3 Å². The van der Waals surface area contributed by atoms with Crippen molar-refractivity contribution in [2.75, 3.05) is 13.7 Å². The normalized spacial score (nSPS) is 22.2. The Kier molecular flexibility index (Phi) is 4.55. The van der Waals surface area contributed by atoms with Crippen LogP contribution in [0.2, 0.25) is 0 Å². The van der Waals surface area contributed by atoms with E-state index in [1.54, 1.807) is 13.4 Å². The van der Waals surface area contributed by atoms with Crippen molar-refractivity contribution >= 4 is 0 Å². The van der Waals surface area contributed by atoms with Crippen LogP contribution in [0.25, 0.3) is 0 Å². The van der Waals surface area contributed by atoms with E-state index in [1.807, 2.05) is 11.6 Å². The summed E-state index contributed by atoms with van der Waals surface area (Å²) in [5.41, 5.74) is -0.167. The first-order valence-corrected chi connectivity index (χ1v) is 7.51. The van der Waals surface area contributed by atoms with E-state index in [-0.39, 0.29) is 12.1 Å².